The number of hydrogen-bond acceptors (Lipinski definition) is 5. The first-order valence-electron chi connectivity index (χ1n) is 11.8. The summed E-state index contributed by atoms with van der Waals surface area (Å²) in [5.41, 5.74) is 2.18. The van der Waals surface area contributed by atoms with Crippen LogP contribution in [0.25, 0.3) is 0 Å². The van der Waals surface area contributed by atoms with E-state index in [1.807, 2.05) is 37.3 Å². The van der Waals surface area contributed by atoms with Crippen molar-refractivity contribution in [2.45, 2.75) is 38.7 Å². The molecule has 0 aromatic heterocycles. The molecule has 178 valence electrons. The van der Waals surface area contributed by atoms with E-state index in [-0.39, 0.29) is 12.2 Å². The van der Waals surface area contributed by atoms with Gasteiger partial charge in [0.05, 0.1) is 20.3 Å². The van der Waals surface area contributed by atoms with Gasteiger partial charge in [-0.2, -0.15) is 0 Å². The zero-order valence-electron chi connectivity index (χ0n) is 19.5. The summed E-state index contributed by atoms with van der Waals surface area (Å²) in [7, 11) is 1.64. The van der Waals surface area contributed by atoms with Gasteiger partial charge in [-0.3, -0.25) is 4.90 Å². The normalized spacial score (nSPS) is 19.5. The largest absolute Gasteiger partial charge is 0.497 e. The molecule has 1 unspecified atom stereocenters. The molecule has 7 heteroatoms. The number of anilines is 1. The molecule has 0 N–H and O–H groups in total. The highest BCUT2D eigenvalue weighted by Crippen LogP contribution is 2.30. The molecule has 6 nitrogen and oxygen atoms in total. The molecular formula is C26H33BrN2O4. The molecule has 0 radical (unpaired) electrons. The molecule has 4 rings (SSSR count). The van der Waals surface area contributed by atoms with Gasteiger partial charge < -0.3 is 19.1 Å². The van der Waals surface area contributed by atoms with Crippen LogP contribution in [0.2, 0.25) is 0 Å². The summed E-state index contributed by atoms with van der Waals surface area (Å²) < 4.78 is 17.7. The second kappa shape index (κ2) is 11.3. The van der Waals surface area contributed by atoms with Gasteiger partial charge in [0.1, 0.15) is 17.6 Å². The quantitative estimate of drug-likeness (QED) is 0.438. The number of hydrogen-bond donors (Lipinski definition) is 0. The maximum atomic E-state index is 12.3. The molecule has 2 saturated heterocycles. The van der Waals surface area contributed by atoms with Crippen molar-refractivity contribution in [1.29, 1.82) is 0 Å². The first-order chi connectivity index (χ1) is 16.1. The van der Waals surface area contributed by atoms with Crippen molar-refractivity contribution in [3.8, 4) is 11.5 Å². The zero-order chi connectivity index (χ0) is 23.2. The van der Waals surface area contributed by atoms with Gasteiger partial charge in [0.2, 0.25) is 0 Å². The van der Waals surface area contributed by atoms with Gasteiger partial charge in [-0.25, -0.2) is 4.79 Å². The van der Waals surface area contributed by atoms with Crippen LogP contribution in [0.1, 0.15) is 31.7 Å². The third-order valence-corrected chi connectivity index (χ3v) is 7.34. The maximum Gasteiger partial charge on any atom is 0.414 e. The van der Waals surface area contributed by atoms with E-state index in [1.54, 1.807) is 12.0 Å². The highest BCUT2D eigenvalue weighted by atomic mass is 79.9. The molecule has 0 saturated carbocycles. The third-order valence-electron chi connectivity index (χ3n) is 6.57. The summed E-state index contributed by atoms with van der Waals surface area (Å²) >= 11 is 3.70. The molecule has 2 aromatic carbocycles. The number of cyclic esters (lactones) is 1. The molecule has 33 heavy (non-hydrogen) atoms. The van der Waals surface area contributed by atoms with Gasteiger partial charge in [-0.15, -0.1) is 0 Å². The molecule has 0 bridgehead atoms. The first-order valence-corrected chi connectivity index (χ1v) is 12.6. The number of benzene rings is 2. The Kier molecular flexibility index (Phi) is 8.15. The van der Waals surface area contributed by atoms with E-state index in [4.69, 9.17) is 14.2 Å². The second-order valence-electron chi connectivity index (χ2n) is 8.78. The Morgan fingerprint density at radius 2 is 1.82 bits per heavy atom. The SMILES string of the molecule is CCOc1ccc(Br)c(CC2CCN(CCC3CN(c4ccc(OC)cc4)C(=O)O3)CC2)c1. The van der Waals surface area contributed by atoms with Gasteiger partial charge in [0, 0.05) is 16.7 Å². The Hall–Kier alpha value is -2.25. The van der Waals surface area contributed by atoms with Crippen LogP contribution >= 0.6 is 15.9 Å². The number of piperidine rings is 1. The number of halogens is 1. The summed E-state index contributed by atoms with van der Waals surface area (Å²) in [6.45, 7) is 6.46. The number of likely N-dealkylation sites (tertiary alicyclic amines) is 1. The van der Waals surface area contributed by atoms with Crippen molar-refractivity contribution < 1.29 is 19.0 Å². The lowest BCUT2D eigenvalue weighted by Gasteiger charge is -2.32. The topological polar surface area (TPSA) is 51.2 Å². The van der Waals surface area contributed by atoms with Gasteiger partial charge in [-0.05, 0) is 99.6 Å². The van der Waals surface area contributed by atoms with Crippen LogP contribution in [0, 0.1) is 5.92 Å². The van der Waals surface area contributed by atoms with Crippen molar-refractivity contribution >= 4 is 27.7 Å². The van der Waals surface area contributed by atoms with Crippen LogP contribution in [0.5, 0.6) is 11.5 Å². The smallest absolute Gasteiger partial charge is 0.414 e. The molecule has 2 heterocycles. The predicted molar refractivity (Wildman–Crippen MR) is 133 cm³/mol. The van der Waals surface area contributed by atoms with Gasteiger partial charge >= 0.3 is 6.09 Å². The van der Waals surface area contributed by atoms with Crippen LogP contribution in [0.4, 0.5) is 10.5 Å². The van der Waals surface area contributed by atoms with E-state index in [1.165, 1.54) is 18.4 Å². The number of methoxy groups -OCH3 is 1. The average Bonchev–Trinajstić information content (AvgIpc) is 3.21. The van der Waals surface area contributed by atoms with E-state index >= 15 is 0 Å². The van der Waals surface area contributed by atoms with Crippen LogP contribution < -0.4 is 14.4 Å². The third kappa shape index (κ3) is 6.21. The lowest BCUT2D eigenvalue weighted by Crippen LogP contribution is -2.36. The summed E-state index contributed by atoms with van der Waals surface area (Å²) in [4.78, 5) is 16.6. The fraction of sp³-hybridized carbons (Fsp3) is 0.500. The van der Waals surface area contributed by atoms with Crippen LogP contribution in [0.15, 0.2) is 46.9 Å². The maximum absolute atomic E-state index is 12.3. The van der Waals surface area contributed by atoms with Crippen molar-refractivity contribution in [3.63, 3.8) is 0 Å². The van der Waals surface area contributed by atoms with E-state index < -0.39 is 0 Å². The van der Waals surface area contributed by atoms with Crippen molar-refractivity contribution in [1.82, 2.24) is 4.90 Å². The Bertz CT molecular complexity index is 928. The number of amides is 1. The van der Waals surface area contributed by atoms with E-state index in [9.17, 15) is 4.79 Å². The Morgan fingerprint density at radius 3 is 2.52 bits per heavy atom. The lowest BCUT2D eigenvalue weighted by molar-refractivity contribution is 0.116. The molecule has 1 atom stereocenters. The van der Waals surface area contributed by atoms with E-state index in [2.05, 4.69) is 33.0 Å². The molecule has 2 aliphatic heterocycles. The average molecular weight is 517 g/mol. The number of ether oxygens (including phenoxy) is 3. The summed E-state index contributed by atoms with van der Waals surface area (Å²) in [6, 6.07) is 13.8. The number of rotatable bonds is 9. The molecule has 2 aliphatic rings. The Balaban J connectivity index is 1.21. The molecule has 2 aromatic rings. The van der Waals surface area contributed by atoms with Crippen molar-refractivity contribution in [2.75, 3.05) is 44.8 Å². The lowest BCUT2D eigenvalue weighted by atomic mass is 9.90. The number of nitrogens with zero attached hydrogens (tertiary/aromatic N) is 2. The molecular weight excluding hydrogens is 484 g/mol. The van der Waals surface area contributed by atoms with Gasteiger partial charge in [0.15, 0.2) is 0 Å². The zero-order valence-corrected chi connectivity index (χ0v) is 21.1. The van der Waals surface area contributed by atoms with E-state index in [0.29, 0.717) is 19.1 Å². The van der Waals surface area contributed by atoms with Crippen molar-refractivity contribution in [3.05, 3.63) is 52.5 Å². The Labute approximate surface area is 204 Å². The standard InChI is InChI=1S/C26H33BrN2O4/c1-3-32-23-8-9-25(27)20(17-23)16-19-10-13-28(14-11-19)15-12-24-18-29(26(30)33-24)21-4-6-22(31-2)7-5-21/h4-9,17,19,24H,3,10-16,18H2,1-2H3. The monoisotopic (exact) mass is 516 g/mol. The highest BCUT2D eigenvalue weighted by Gasteiger charge is 2.32. The predicted octanol–water partition coefficient (Wildman–Crippen LogP) is 5.53. The fourth-order valence-corrected chi connectivity index (χ4v) is 5.07. The summed E-state index contributed by atoms with van der Waals surface area (Å²) in [6.07, 6.45) is 4.00. The highest BCUT2D eigenvalue weighted by molar-refractivity contribution is 9.10. The molecule has 0 spiro atoms. The van der Waals surface area contributed by atoms with Crippen LogP contribution in [0.3, 0.4) is 0 Å². The minimum Gasteiger partial charge on any atom is -0.497 e. The molecule has 2 fully saturated rings. The fourth-order valence-electron chi connectivity index (χ4n) is 4.66. The van der Waals surface area contributed by atoms with Gasteiger partial charge in [-0.1, -0.05) is 15.9 Å². The minimum absolute atomic E-state index is 0.0606. The summed E-state index contributed by atoms with van der Waals surface area (Å²) in [5, 5.41) is 0. The molecule has 1 amide bonds. The van der Waals surface area contributed by atoms with Crippen LogP contribution in [-0.2, 0) is 11.2 Å². The minimum atomic E-state index is -0.260. The second-order valence-corrected chi connectivity index (χ2v) is 9.63. The number of carbonyl (C=O) groups is 1. The summed E-state index contributed by atoms with van der Waals surface area (Å²) in [5.74, 6) is 2.41. The van der Waals surface area contributed by atoms with Crippen LogP contribution in [-0.4, -0.2) is 57.0 Å². The first kappa shape index (κ1) is 23.9. The number of carbonyl (C=O) groups excluding carboxylic acids is 1. The van der Waals surface area contributed by atoms with E-state index in [0.717, 1.165) is 54.1 Å². The van der Waals surface area contributed by atoms with Crippen molar-refractivity contribution in [2.24, 2.45) is 5.92 Å². The molecule has 0 aliphatic carbocycles. The van der Waals surface area contributed by atoms with Gasteiger partial charge in [0.25, 0.3) is 0 Å². The Morgan fingerprint density at radius 1 is 1.09 bits per heavy atom.